The topological polar surface area (TPSA) is 54.5 Å². The number of nitrogens with zero attached hydrogens (tertiary/aromatic N) is 2. The summed E-state index contributed by atoms with van der Waals surface area (Å²) in [6.45, 7) is 8.20. The molecule has 1 amide bonds. The Bertz CT molecular complexity index is 456. The van der Waals surface area contributed by atoms with Gasteiger partial charge in [0.25, 0.3) is 0 Å². The quantitative estimate of drug-likeness (QED) is 0.926. The number of carbonyl (C=O) groups is 1. The van der Waals surface area contributed by atoms with Crippen molar-refractivity contribution < 1.29 is 9.53 Å². The maximum atomic E-state index is 11.7. The number of carbonyl (C=O) groups excluding carboxylic acids is 1. The van der Waals surface area contributed by atoms with E-state index in [1.54, 1.807) is 6.20 Å². The molecule has 1 aromatic heterocycles. The first-order valence-electron chi connectivity index (χ1n) is 7.54. The summed E-state index contributed by atoms with van der Waals surface area (Å²) in [6, 6.07) is 4.42. The monoisotopic (exact) mass is 291 g/mol. The number of alkyl carbamates (subject to hydrolysis) is 1. The van der Waals surface area contributed by atoms with Crippen LogP contribution >= 0.6 is 0 Å². The zero-order chi connectivity index (χ0) is 15.3. The average molecular weight is 291 g/mol. The molecule has 0 spiro atoms. The molecule has 1 fully saturated rings. The summed E-state index contributed by atoms with van der Waals surface area (Å²) in [5, 5.41) is 2.88. The fourth-order valence-corrected chi connectivity index (χ4v) is 2.58. The van der Waals surface area contributed by atoms with Gasteiger partial charge in [-0.1, -0.05) is 6.07 Å². The molecule has 1 aliphatic rings. The van der Waals surface area contributed by atoms with Crippen LogP contribution in [0.25, 0.3) is 0 Å². The Labute approximate surface area is 126 Å². The second-order valence-electron chi connectivity index (χ2n) is 6.51. The fourth-order valence-electron chi connectivity index (χ4n) is 2.58. The largest absolute Gasteiger partial charge is 0.444 e. The predicted octanol–water partition coefficient (Wildman–Crippen LogP) is 2.57. The Morgan fingerprint density at radius 2 is 2.33 bits per heavy atom. The van der Waals surface area contributed by atoms with E-state index in [4.69, 9.17) is 4.74 Å². The molecule has 1 atom stereocenters. The first kappa shape index (κ1) is 15.8. The molecule has 5 heteroatoms. The molecule has 0 radical (unpaired) electrons. The molecule has 1 N–H and O–H groups in total. The number of amides is 1. The van der Waals surface area contributed by atoms with Crippen LogP contribution in [-0.2, 0) is 11.3 Å². The molecule has 0 saturated carbocycles. The van der Waals surface area contributed by atoms with Crippen LogP contribution < -0.4 is 5.32 Å². The van der Waals surface area contributed by atoms with Crippen molar-refractivity contribution in [3.8, 4) is 0 Å². The van der Waals surface area contributed by atoms with Gasteiger partial charge in [-0.25, -0.2) is 4.79 Å². The van der Waals surface area contributed by atoms with Crippen molar-refractivity contribution in [2.45, 2.75) is 51.8 Å². The van der Waals surface area contributed by atoms with Crippen molar-refractivity contribution >= 4 is 6.09 Å². The van der Waals surface area contributed by atoms with Crippen LogP contribution in [0.3, 0.4) is 0 Å². The van der Waals surface area contributed by atoms with E-state index < -0.39 is 5.60 Å². The van der Waals surface area contributed by atoms with Gasteiger partial charge in [0.2, 0.25) is 0 Å². The standard InChI is InChI=1S/C16H25N3O2/c1-16(2,3)21-15(20)18-11-14-7-5-9-19(14)12-13-6-4-8-17-10-13/h4,6,8,10,14H,5,7,9,11-12H2,1-3H3,(H,18,20)/t14-/m0/s1. The van der Waals surface area contributed by atoms with Crippen molar-refractivity contribution in [3.63, 3.8) is 0 Å². The average Bonchev–Trinajstić information content (AvgIpc) is 2.83. The van der Waals surface area contributed by atoms with Gasteiger partial charge in [0.05, 0.1) is 0 Å². The Morgan fingerprint density at radius 3 is 3.00 bits per heavy atom. The summed E-state index contributed by atoms with van der Waals surface area (Å²) >= 11 is 0. The fraction of sp³-hybridized carbons (Fsp3) is 0.625. The molecule has 1 saturated heterocycles. The third-order valence-electron chi connectivity index (χ3n) is 3.49. The normalized spacial score (nSPS) is 19.5. The van der Waals surface area contributed by atoms with E-state index in [-0.39, 0.29) is 6.09 Å². The van der Waals surface area contributed by atoms with Crippen molar-refractivity contribution in [2.75, 3.05) is 13.1 Å². The van der Waals surface area contributed by atoms with Crippen molar-refractivity contribution in [1.29, 1.82) is 0 Å². The van der Waals surface area contributed by atoms with Gasteiger partial charge in [-0.15, -0.1) is 0 Å². The van der Waals surface area contributed by atoms with Crippen LogP contribution in [0.15, 0.2) is 24.5 Å². The number of hydrogen-bond acceptors (Lipinski definition) is 4. The summed E-state index contributed by atoms with van der Waals surface area (Å²) in [6.07, 6.45) is 5.62. The van der Waals surface area contributed by atoms with Gasteiger partial charge in [0, 0.05) is 31.5 Å². The first-order chi connectivity index (χ1) is 9.94. The minimum absolute atomic E-state index is 0.337. The number of aromatic nitrogens is 1. The van der Waals surface area contributed by atoms with Gasteiger partial charge in [0.15, 0.2) is 0 Å². The second-order valence-corrected chi connectivity index (χ2v) is 6.51. The lowest BCUT2D eigenvalue weighted by Crippen LogP contribution is -2.41. The number of likely N-dealkylation sites (tertiary alicyclic amines) is 1. The molecule has 1 aliphatic heterocycles. The number of pyridine rings is 1. The van der Waals surface area contributed by atoms with Gasteiger partial charge in [0.1, 0.15) is 5.60 Å². The Balaban J connectivity index is 1.81. The number of hydrogen-bond donors (Lipinski definition) is 1. The van der Waals surface area contributed by atoms with Gasteiger partial charge in [-0.05, 0) is 51.8 Å². The second kappa shape index (κ2) is 6.89. The lowest BCUT2D eigenvalue weighted by molar-refractivity contribution is 0.0512. The molecule has 5 nitrogen and oxygen atoms in total. The Morgan fingerprint density at radius 1 is 1.52 bits per heavy atom. The molecule has 2 heterocycles. The molecule has 0 unspecified atom stereocenters. The molecule has 0 aliphatic carbocycles. The minimum atomic E-state index is -0.449. The van der Waals surface area contributed by atoms with Crippen molar-refractivity contribution in [1.82, 2.24) is 15.2 Å². The highest BCUT2D eigenvalue weighted by Gasteiger charge is 2.25. The molecule has 116 valence electrons. The summed E-state index contributed by atoms with van der Waals surface area (Å²) in [4.78, 5) is 18.3. The molecular formula is C16H25N3O2. The summed E-state index contributed by atoms with van der Waals surface area (Å²) in [5.41, 5.74) is 0.761. The van der Waals surface area contributed by atoms with E-state index in [0.717, 1.165) is 19.5 Å². The van der Waals surface area contributed by atoms with E-state index in [9.17, 15) is 4.79 Å². The molecule has 1 aromatic rings. The van der Waals surface area contributed by atoms with Gasteiger partial charge < -0.3 is 10.1 Å². The molecule has 0 bridgehead atoms. The highest BCUT2D eigenvalue weighted by atomic mass is 16.6. The van der Waals surface area contributed by atoms with E-state index in [0.29, 0.717) is 12.6 Å². The maximum Gasteiger partial charge on any atom is 0.407 e. The van der Waals surface area contributed by atoms with Crippen LogP contribution in [-0.4, -0.2) is 40.7 Å². The van der Waals surface area contributed by atoms with Gasteiger partial charge in [-0.3, -0.25) is 9.88 Å². The summed E-state index contributed by atoms with van der Waals surface area (Å²) in [7, 11) is 0. The molecule has 2 rings (SSSR count). The van der Waals surface area contributed by atoms with E-state index in [2.05, 4.69) is 21.3 Å². The highest BCUT2D eigenvalue weighted by Crippen LogP contribution is 2.19. The predicted molar refractivity (Wildman–Crippen MR) is 81.9 cm³/mol. The Kier molecular flexibility index (Phi) is 5.17. The van der Waals surface area contributed by atoms with Crippen LogP contribution in [0.1, 0.15) is 39.2 Å². The van der Waals surface area contributed by atoms with E-state index >= 15 is 0 Å². The minimum Gasteiger partial charge on any atom is -0.444 e. The number of rotatable bonds is 4. The van der Waals surface area contributed by atoms with Gasteiger partial charge >= 0.3 is 6.09 Å². The summed E-state index contributed by atoms with van der Waals surface area (Å²) < 4.78 is 5.27. The van der Waals surface area contributed by atoms with Gasteiger partial charge in [-0.2, -0.15) is 0 Å². The summed E-state index contributed by atoms with van der Waals surface area (Å²) in [5.74, 6) is 0. The smallest absolute Gasteiger partial charge is 0.407 e. The molecule has 0 aromatic carbocycles. The number of ether oxygens (including phenoxy) is 1. The highest BCUT2D eigenvalue weighted by molar-refractivity contribution is 5.67. The van der Waals surface area contributed by atoms with Crippen LogP contribution in [0.5, 0.6) is 0 Å². The van der Waals surface area contributed by atoms with Crippen LogP contribution in [0.2, 0.25) is 0 Å². The van der Waals surface area contributed by atoms with Crippen molar-refractivity contribution in [3.05, 3.63) is 30.1 Å². The lowest BCUT2D eigenvalue weighted by Gasteiger charge is -2.25. The van der Waals surface area contributed by atoms with E-state index in [1.807, 2.05) is 33.0 Å². The zero-order valence-corrected chi connectivity index (χ0v) is 13.1. The van der Waals surface area contributed by atoms with E-state index in [1.165, 1.54) is 12.0 Å². The maximum absolute atomic E-state index is 11.7. The van der Waals surface area contributed by atoms with Crippen LogP contribution in [0, 0.1) is 0 Å². The zero-order valence-electron chi connectivity index (χ0n) is 13.1. The lowest BCUT2D eigenvalue weighted by atomic mass is 10.2. The molecule has 21 heavy (non-hydrogen) atoms. The Hall–Kier alpha value is -1.62. The number of nitrogens with one attached hydrogen (secondary N) is 1. The van der Waals surface area contributed by atoms with Crippen LogP contribution in [0.4, 0.5) is 4.79 Å². The SMILES string of the molecule is CC(C)(C)OC(=O)NC[C@@H]1CCCN1Cc1cccnc1. The molecular weight excluding hydrogens is 266 g/mol. The third kappa shape index (κ3) is 5.34. The first-order valence-corrected chi connectivity index (χ1v) is 7.54. The third-order valence-corrected chi connectivity index (χ3v) is 3.49. The van der Waals surface area contributed by atoms with Crippen molar-refractivity contribution in [2.24, 2.45) is 0 Å².